The van der Waals surface area contributed by atoms with Crippen LogP contribution in [0.3, 0.4) is 0 Å². The number of carbonyl (C=O) groups is 1. The Balaban J connectivity index is 2.14. The first-order chi connectivity index (χ1) is 12.5. The number of hydrogen-bond acceptors (Lipinski definition) is 4. The molecule has 4 rings (SSSR count). The second kappa shape index (κ2) is 6.88. The third-order valence-corrected chi connectivity index (χ3v) is 7.33. The Kier molecular flexibility index (Phi) is 4.73. The maximum absolute atomic E-state index is 11.8. The molecule has 0 radical (unpaired) electrons. The molecule has 0 fully saturated rings. The topological polar surface area (TPSA) is 63.1 Å². The van der Waals surface area contributed by atoms with Gasteiger partial charge in [-0.3, -0.25) is 9.78 Å². The lowest BCUT2D eigenvalue weighted by Gasteiger charge is -2.18. The van der Waals surface area contributed by atoms with Gasteiger partial charge in [0.15, 0.2) is 0 Å². The smallest absolute Gasteiger partial charge is 0.321 e. The first-order valence-corrected chi connectivity index (χ1v) is 10.8. The second-order valence-corrected chi connectivity index (χ2v) is 9.09. The standard InChI is InChI=1S/C20H19IN2O2S/c1-10-9-12(7-8-22-10)16-15(18(21)20(24)25)11(2)23-19-17(16)13-5-3-4-6-14(13)26-19/h7-9,18H,3-6H2,1-2H3,(H,24,25). The maximum Gasteiger partial charge on any atom is 0.321 e. The molecule has 3 heterocycles. The molecule has 26 heavy (non-hydrogen) atoms. The van der Waals surface area contributed by atoms with Crippen molar-refractivity contribution in [3.8, 4) is 11.1 Å². The number of aromatic nitrogens is 2. The predicted molar refractivity (Wildman–Crippen MR) is 113 cm³/mol. The molecule has 0 aliphatic heterocycles. The molecule has 1 atom stereocenters. The van der Waals surface area contributed by atoms with Crippen LogP contribution in [0.25, 0.3) is 21.3 Å². The van der Waals surface area contributed by atoms with Gasteiger partial charge in [-0.25, -0.2) is 4.98 Å². The highest BCUT2D eigenvalue weighted by atomic mass is 127. The fourth-order valence-corrected chi connectivity index (χ4v) is 5.93. The Hall–Kier alpha value is -1.54. The Morgan fingerprint density at radius 3 is 2.81 bits per heavy atom. The molecule has 0 bridgehead atoms. The van der Waals surface area contributed by atoms with Crippen LogP contribution < -0.4 is 0 Å². The molecule has 134 valence electrons. The molecule has 0 saturated carbocycles. The lowest BCUT2D eigenvalue weighted by molar-refractivity contribution is -0.136. The Morgan fingerprint density at radius 2 is 2.08 bits per heavy atom. The summed E-state index contributed by atoms with van der Waals surface area (Å²) in [5, 5.41) is 10.9. The minimum Gasteiger partial charge on any atom is -0.480 e. The monoisotopic (exact) mass is 478 g/mol. The van der Waals surface area contributed by atoms with Crippen molar-refractivity contribution in [3.05, 3.63) is 45.7 Å². The van der Waals surface area contributed by atoms with Gasteiger partial charge in [0.05, 0.1) is 0 Å². The van der Waals surface area contributed by atoms with E-state index in [1.165, 1.54) is 28.7 Å². The van der Waals surface area contributed by atoms with E-state index in [4.69, 9.17) is 4.98 Å². The minimum atomic E-state index is -0.828. The summed E-state index contributed by atoms with van der Waals surface area (Å²) >= 11 is 3.80. The number of aliphatic carboxylic acids is 1. The quantitative estimate of drug-likeness (QED) is 0.404. The summed E-state index contributed by atoms with van der Waals surface area (Å²) in [6, 6.07) is 4.04. The summed E-state index contributed by atoms with van der Waals surface area (Å²) in [4.78, 5) is 23.4. The lowest BCUT2D eigenvalue weighted by atomic mass is 9.89. The Labute approximate surface area is 169 Å². The van der Waals surface area contributed by atoms with Gasteiger partial charge in [-0.1, -0.05) is 22.6 Å². The summed E-state index contributed by atoms with van der Waals surface area (Å²) in [5.74, 6) is -0.828. The molecule has 1 N–H and O–H groups in total. The summed E-state index contributed by atoms with van der Waals surface area (Å²) in [7, 11) is 0. The predicted octanol–water partition coefficient (Wildman–Crippen LogP) is 5.41. The first-order valence-electron chi connectivity index (χ1n) is 8.72. The Bertz CT molecular complexity index is 1030. The second-order valence-electron chi connectivity index (χ2n) is 6.76. The zero-order valence-corrected chi connectivity index (χ0v) is 17.6. The number of thiophene rings is 1. The molecule has 0 spiro atoms. The molecule has 1 unspecified atom stereocenters. The van der Waals surface area contributed by atoms with E-state index in [-0.39, 0.29) is 0 Å². The van der Waals surface area contributed by atoms with Gasteiger partial charge in [0.2, 0.25) is 0 Å². The fourth-order valence-electron chi connectivity index (χ4n) is 3.85. The van der Waals surface area contributed by atoms with Crippen molar-refractivity contribution in [1.29, 1.82) is 0 Å². The summed E-state index contributed by atoms with van der Waals surface area (Å²) in [6.45, 7) is 3.90. The third kappa shape index (κ3) is 2.93. The van der Waals surface area contributed by atoms with Gasteiger partial charge in [-0.2, -0.15) is 0 Å². The van der Waals surface area contributed by atoms with Crippen LogP contribution in [0.1, 0.15) is 44.2 Å². The van der Waals surface area contributed by atoms with Crippen molar-refractivity contribution in [2.24, 2.45) is 0 Å². The third-order valence-electron chi connectivity index (χ3n) is 4.99. The number of halogens is 1. The van der Waals surface area contributed by atoms with Crippen molar-refractivity contribution >= 4 is 50.1 Å². The zero-order valence-electron chi connectivity index (χ0n) is 14.7. The van der Waals surface area contributed by atoms with E-state index in [1.54, 1.807) is 17.5 Å². The van der Waals surface area contributed by atoms with Gasteiger partial charge < -0.3 is 5.11 Å². The summed E-state index contributed by atoms with van der Waals surface area (Å²) < 4.78 is -0.632. The number of fused-ring (bicyclic) bond motifs is 3. The number of hydrogen-bond donors (Lipinski definition) is 1. The molecular weight excluding hydrogens is 459 g/mol. The maximum atomic E-state index is 11.8. The van der Waals surface area contributed by atoms with Crippen LogP contribution in [0.5, 0.6) is 0 Å². The van der Waals surface area contributed by atoms with Gasteiger partial charge >= 0.3 is 5.97 Å². The fraction of sp³-hybridized carbons (Fsp3) is 0.350. The van der Waals surface area contributed by atoms with Crippen LogP contribution in [-0.2, 0) is 17.6 Å². The van der Waals surface area contributed by atoms with Gasteiger partial charge in [0.25, 0.3) is 0 Å². The van der Waals surface area contributed by atoms with Gasteiger partial charge in [-0.15, -0.1) is 11.3 Å². The number of pyridine rings is 2. The normalized spacial score (nSPS) is 15.0. The SMILES string of the molecule is Cc1cc(-c2c(C(I)C(=O)O)c(C)nc3sc4c(c23)CCCC4)ccn1. The van der Waals surface area contributed by atoms with Crippen LogP contribution >= 0.6 is 33.9 Å². The van der Waals surface area contributed by atoms with Crippen LogP contribution in [0, 0.1) is 13.8 Å². The average Bonchev–Trinajstić information content (AvgIpc) is 2.97. The van der Waals surface area contributed by atoms with Crippen molar-refractivity contribution < 1.29 is 9.90 Å². The number of carboxylic acids is 1. The van der Waals surface area contributed by atoms with E-state index in [0.29, 0.717) is 0 Å². The van der Waals surface area contributed by atoms with Crippen molar-refractivity contribution in [2.45, 2.75) is 43.5 Å². The van der Waals surface area contributed by atoms with Gasteiger partial charge in [0, 0.05) is 33.4 Å². The van der Waals surface area contributed by atoms with E-state index in [9.17, 15) is 9.90 Å². The van der Waals surface area contributed by atoms with Gasteiger partial charge in [0.1, 0.15) is 8.76 Å². The van der Waals surface area contributed by atoms with E-state index >= 15 is 0 Å². The molecule has 0 amide bonds. The van der Waals surface area contributed by atoms with E-state index in [1.807, 2.05) is 42.5 Å². The molecule has 3 aromatic rings. The molecule has 1 aliphatic carbocycles. The van der Waals surface area contributed by atoms with E-state index in [2.05, 4.69) is 11.1 Å². The molecule has 4 nitrogen and oxygen atoms in total. The summed E-state index contributed by atoms with van der Waals surface area (Å²) in [5.41, 5.74) is 6.02. The van der Waals surface area contributed by atoms with E-state index < -0.39 is 9.89 Å². The highest BCUT2D eigenvalue weighted by Gasteiger charge is 2.28. The molecule has 0 saturated heterocycles. The number of aryl methyl sites for hydroxylation is 4. The Morgan fingerprint density at radius 1 is 1.31 bits per heavy atom. The zero-order chi connectivity index (χ0) is 18.4. The van der Waals surface area contributed by atoms with Crippen LogP contribution in [0.2, 0.25) is 0 Å². The number of nitrogens with zero attached hydrogens (tertiary/aromatic N) is 2. The van der Waals surface area contributed by atoms with E-state index in [0.717, 1.165) is 45.8 Å². The molecular formula is C20H19IN2O2S. The van der Waals surface area contributed by atoms with Crippen LogP contribution in [0.4, 0.5) is 0 Å². The van der Waals surface area contributed by atoms with Crippen LogP contribution in [-0.4, -0.2) is 21.0 Å². The van der Waals surface area contributed by atoms with Crippen molar-refractivity contribution in [3.63, 3.8) is 0 Å². The lowest BCUT2D eigenvalue weighted by Crippen LogP contribution is -2.10. The number of rotatable bonds is 3. The molecule has 3 aromatic heterocycles. The van der Waals surface area contributed by atoms with Gasteiger partial charge in [-0.05, 0) is 68.4 Å². The number of carboxylic acid groups (broad SMARTS) is 1. The highest BCUT2D eigenvalue weighted by Crippen LogP contribution is 2.46. The molecule has 6 heteroatoms. The summed E-state index contributed by atoms with van der Waals surface area (Å²) in [6.07, 6.45) is 6.36. The highest BCUT2D eigenvalue weighted by molar-refractivity contribution is 14.1. The first kappa shape index (κ1) is 17.9. The largest absolute Gasteiger partial charge is 0.480 e. The molecule has 1 aliphatic rings. The van der Waals surface area contributed by atoms with Crippen molar-refractivity contribution in [2.75, 3.05) is 0 Å². The van der Waals surface area contributed by atoms with Crippen molar-refractivity contribution in [1.82, 2.24) is 9.97 Å². The van der Waals surface area contributed by atoms with Crippen LogP contribution in [0.15, 0.2) is 18.3 Å². The average molecular weight is 478 g/mol. The number of alkyl halides is 1. The molecule has 0 aromatic carbocycles. The minimum absolute atomic E-state index is 0.632.